The van der Waals surface area contributed by atoms with E-state index in [9.17, 15) is 18.7 Å². The summed E-state index contributed by atoms with van der Waals surface area (Å²) in [5.41, 5.74) is -0.619. The van der Waals surface area contributed by atoms with Gasteiger partial charge < -0.3 is 9.84 Å². The summed E-state index contributed by atoms with van der Waals surface area (Å²) in [5, 5.41) is 10.4. The van der Waals surface area contributed by atoms with Crippen molar-refractivity contribution in [2.75, 3.05) is 6.61 Å². The van der Waals surface area contributed by atoms with Crippen LogP contribution in [0.3, 0.4) is 0 Å². The molecule has 0 saturated carbocycles. The number of carbonyl (C=O) groups excluding carboxylic acids is 1. The zero-order valence-electron chi connectivity index (χ0n) is 10.0. The number of esters is 1. The molecule has 0 aliphatic heterocycles. The molecule has 2 rings (SSSR count). The minimum absolute atomic E-state index is 0.222. The molecule has 1 N–H and O–H groups in total. The molecule has 0 amide bonds. The lowest BCUT2D eigenvalue weighted by molar-refractivity contribution is -0.149. The summed E-state index contributed by atoms with van der Waals surface area (Å²) in [5.74, 6) is -2.50. The van der Waals surface area contributed by atoms with Crippen LogP contribution in [0.15, 0.2) is 12.1 Å². The van der Waals surface area contributed by atoms with Crippen LogP contribution in [0.25, 0.3) is 0 Å². The van der Waals surface area contributed by atoms with Gasteiger partial charge in [0.15, 0.2) is 11.6 Å². The molecule has 0 radical (unpaired) electrons. The average molecular weight is 256 g/mol. The molecule has 18 heavy (non-hydrogen) atoms. The molecule has 0 heterocycles. The third-order valence-corrected chi connectivity index (χ3v) is 3.20. The predicted molar refractivity (Wildman–Crippen MR) is 59.8 cm³/mol. The van der Waals surface area contributed by atoms with Gasteiger partial charge in [-0.2, -0.15) is 0 Å². The van der Waals surface area contributed by atoms with Crippen LogP contribution in [-0.4, -0.2) is 17.7 Å². The predicted octanol–water partition coefficient (Wildman–Crippen LogP) is 2.05. The zero-order chi connectivity index (χ0) is 13.3. The second kappa shape index (κ2) is 4.65. The second-order valence-electron chi connectivity index (χ2n) is 4.44. The van der Waals surface area contributed by atoms with Crippen LogP contribution in [0.4, 0.5) is 8.78 Å². The van der Waals surface area contributed by atoms with Gasteiger partial charge in [-0.15, -0.1) is 0 Å². The Balaban J connectivity index is 2.29. The molecule has 0 aromatic heterocycles. The van der Waals surface area contributed by atoms with E-state index in [-0.39, 0.29) is 25.0 Å². The molecule has 0 fully saturated rings. The molecule has 0 spiro atoms. The Bertz CT molecular complexity index is 487. The molecular weight excluding hydrogens is 242 g/mol. The summed E-state index contributed by atoms with van der Waals surface area (Å²) in [7, 11) is 0. The molecule has 5 heteroatoms. The van der Waals surface area contributed by atoms with E-state index in [1.807, 2.05) is 0 Å². The summed E-state index contributed by atoms with van der Waals surface area (Å²) in [6, 6.07) is 2.05. The number of aliphatic hydroxyl groups is 1. The van der Waals surface area contributed by atoms with Crippen molar-refractivity contribution in [3.8, 4) is 0 Å². The maximum atomic E-state index is 13.2. The number of hydrogen-bond acceptors (Lipinski definition) is 3. The van der Waals surface area contributed by atoms with E-state index in [2.05, 4.69) is 0 Å². The standard InChI is InChI=1S/C13H14F2O3/c1-2-18-12(16)7-13(17)4-3-8-5-10(14)11(15)6-9(8)13/h5-6,17H,2-4,7H2,1H3. The van der Waals surface area contributed by atoms with Gasteiger partial charge in [0.1, 0.15) is 5.60 Å². The maximum absolute atomic E-state index is 13.2. The SMILES string of the molecule is CCOC(=O)CC1(O)CCc2cc(F)c(F)cc21. The minimum atomic E-state index is -1.45. The highest BCUT2D eigenvalue weighted by Crippen LogP contribution is 2.40. The fourth-order valence-corrected chi connectivity index (χ4v) is 2.34. The van der Waals surface area contributed by atoms with Crippen LogP contribution < -0.4 is 0 Å². The highest BCUT2D eigenvalue weighted by Gasteiger charge is 2.40. The van der Waals surface area contributed by atoms with Gasteiger partial charge in [-0.25, -0.2) is 8.78 Å². The molecule has 0 saturated heterocycles. The summed E-state index contributed by atoms with van der Waals surface area (Å²) in [6.07, 6.45) is 0.450. The van der Waals surface area contributed by atoms with Crippen molar-refractivity contribution in [3.05, 3.63) is 34.9 Å². The third-order valence-electron chi connectivity index (χ3n) is 3.20. The number of carbonyl (C=O) groups is 1. The van der Waals surface area contributed by atoms with Crippen LogP contribution in [0.2, 0.25) is 0 Å². The number of fused-ring (bicyclic) bond motifs is 1. The lowest BCUT2D eigenvalue weighted by Gasteiger charge is -2.22. The third kappa shape index (κ3) is 2.22. The monoisotopic (exact) mass is 256 g/mol. The van der Waals surface area contributed by atoms with Crippen LogP contribution in [-0.2, 0) is 21.6 Å². The van der Waals surface area contributed by atoms with E-state index in [1.165, 1.54) is 0 Å². The van der Waals surface area contributed by atoms with Gasteiger partial charge in [-0.1, -0.05) is 0 Å². The van der Waals surface area contributed by atoms with E-state index in [4.69, 9.17) is 4.74 Å². The van der Waals surface area contributed by atoms with Crippen molar-refractivity contribution in [2.24, 2.45) is 0 Å². The molecular formula is C13H14F2O3. The van der Waals surface area contributed by atoms with E-state index in [0.717, 1.165) is 12.1 Å². The largest absolute Gasteiger partial charge is 0.466 e. The van der Waals surface area contributed by atoms with Crippen molar-refractivity contribution in [2.45, 2.75) is 31.8 Å². The van der Waals surface area contributed by atoms with Crippen molar-refractivity contribution >= 4 is 5.97 Å². The van der Waals surface area contributed by atoms with Gasteiger partial charge in [0.25, 0.3) is 0 Å². The number of benzene rings is 1. The quantitative estimate of drug-likeness (QED) is 0.842. The Morgan fingerprint density at radius 2 is 2.11 bits per heavy atom. The topological polar surface area (TPSA) is 46.5 Å². The van der Waals surface area contributed by atoms with Crippen LogP contribution in [0.5, 0.6) is 0 Å². The van der Waals surface area contributed by atoms with Gasteiger partial charge in [0, 0.05) is 0 Å². The minimum Gasteiger partial charge on any atom is -0.466 e. The van der Waals surface area contributed by atoms with Crippen LogP contribution >= 0.6 is 0 Å². The Morgan fingerprint density at radius 1 is 1.44 bits per heavy atom. The van der Waals surface area contributed by atoms with E-state index in [1.54, 1.807) is 6.92 Å². The average Bonchev–Trinajstić information content (AvgIpc) is 2.58. The normalized spacial score (nSPS) is 21.8. The number of aryl methyl sites for hydroxylation is 1. The Kier molecular flexibility index (Phi) is 3.34. The summed E-state index contributed by atoms with van der Waals surface area (Å²) >= 11 is 0. The van der Waals surface area contributed by atoms with Crippen LogP contribution in [0.1, 0.15) is 30.9 Å². The lowest BCUT2D eigenvalue weighted by Crippen LogP contribution is -2.27. The maximum Gasteiger partial charge on any atom is 0.309 e. The van der Waals surface area contributed by atoms with E-state index >= 15 is 0 Å². The Labute approximate surface area is 103 Å². The fourth-order valence-electron chi connectivity index (χ4n) is 2.34. The highest BCUT2D eigenvalue weighted by atomic mass is 19.2. The van der Waals surface area contributed by atoms with Gasteiger partial charge in [-0.3, -0.25) is 4.79 Å². The van der Waals surface area contributed by atoms with E-state index < -0.39 is 23.2 Å². The molecule has 1 atom stereocenters. The molecule has 1 aromatic carbocycles. The molecule has 98 valence electrons. The second-order valence-corrected chi connectivity index (χ2v) is 4.44. The fraction of sp³-hybridized carbons (Fsp3) is 0.462. The first-order valence-electron chi connectivity index (χ1n) is 5.82. The van der Waals surface area contributed by atoms with Crippen molar-refractivity contribution in [3.63, 3.8) is 0 Å². The Morgan fingerprint density at radius 3 is 2.78 bits per heavy atom. The number of rotatable bonds is 3. The number of halogens is 2. The molecule has 1 aromatic rings. The van der Waals surface area contributed by atoms with Gasteiger partial charge >= 0.3 is 5.97 Å². The molecule has 0 bridgehead atoms. The Hall–Kier alpha value is -1.49. The molecule has 1 aliphatic rings. The summed E-state index contributed by atoms with van der Waals surface area (Å²) < 4.78 is 31.0. The highest BCUT2D eigenvalue weighted by molar-refractivity contribution is 5.71. The smallest absolute Gasteiger partial charge is 0.309 e. The first-order chi connectivity index (χ1) is 8.46. The first-order valence-corrected chi connectivity index (χ1v) is 5.82. The van der Waals surface area contributed by atoms with Gasteiger partial charge in [0.2, 0.25) is 0 Å². The van der Waals surface area contributed by atoms with Crippen molar-refractivity contribution < 1.29 is 23.4 Å². The van der Waals surface area contributed by atoms with Crippen LogP contribution in [0, 0.1) is 11.6 Å². The van der Waals surface area contributed by atoms with Crippen molar-refractivity contribution in [1.29, 1.82) is 0 Å². The zero-order valence-corrected chi connectivity index (χ0v) is 10.0. The summed E-state index contributed by atoms with van der Waals surface area (Å²) in [4.78, 5) is 11.4. The van der Waals surface area contributed by atoms with Gasteiger partial charge in [-0.05, 0) is 43.0 Å². The van der Waals surface area contributed by atoms with E-state index in [0.29, 0.717) is 12.0 Å². The first kappa shape index (κ1) is 13.0. The number of hydrogen-bond donors (Lipinski definition) is 1. The molecule has 1 aliphatic carbocycles. The summed E-state index contributed by atoms with van der Waals surface area (Å²) in [6.45, 7) is 1.89. The molecule has 3 nitrogen and oxygen atoms in total. The molecule has 1 unspecified atom stereocenters. The van der Waals surface area contributed by atoms with Crippen molar-refractivity contribution in [1.82, 2.24) is 0 Å². The lowest BCUT2D eigenvalue weighted by atomic mass is 9.92. The number of ether oxygens (including phenoxy) is 1. The van der Waals surface area contributed by atoms with Gasteiger partial charge in [0.05, 0.1) is 13.0 Å².